The van der Waals surface area contributed by atoms with Gasteiger partial charge in [0.25, 0.3) is 0 Å². The summed E-state index contributed by atoms with van der Waals surface area (Å²) >= 11 is 0. The number of carbonyl (C=O) groups excluding carboxylic acids is 1. The van der Waals surface area contributed by atoms with Crippen LogP contribution in [0.4, 0.5) is 0 Å². The van der Waals surface area contributed by atoms with Gasteiger partial charge in [0.2, 0.25) is 0 Å². The summed E-state index contributed by atoms with van der Waals surface area (Å²) in [5.41, 5.74) is 1.21. The number of fused-ring (bicyclic) bond motifs is 1. The quantitative estimate of drug-likeness (QED) is 0.464. The third-order valence-electron chi connectivity index (χ3n) is 6.67. The predicted molar refractivity (Wildman–Crippen MR) is 115 cm³/mol. The normalized spacial score (nSPS) is 31.3. The van der Waals surface area contributed by atoms with Crippen LogP contribution in [0.3, 0.4) is 0 Å². The average Bonchev–Trinajstić information content (AvgIpc) is 2.65. The van der Waals surface area contributed by atoms with E-state index in [1.54, 1.807) is 0 Å². The summed E-state index contributed by atoms with van der Waals surface area (Å²) in [6.45, 7) is 8.16. The molecule has 0 bridgehead atoms. The number of aliphatic hydroxyl groups is 2. The molecule has 0 radical (unpaired) electrons. The zero-order valence-electron chi connectivity index (χ0n) is 18.7. The molecular formula is C24H38O6. The summed E-state index contributed by atoms with van der Waals surface area (Å²) in [5.74, 6) is -0.406. The van der Waals surface area contributed by atoms with Crippen LogP contribution in [-0.2, 0) is 14.3 Å². The summed E-state index contributed by atoms with van der Waals surface area (Å²) < 4.78 is 6.00. The second-order valence-corrected chi connectivity index (χ2v) is 9.29. The number of hydrogen-bond acceptors (Lipinski definition) is 5. The average molecular weight is 423 g/mol. The highest BCUT2D eigenvalue weighted by Crippen LogP contribution is 2.45. The molecule has 0 saturated heterocycles. The largest absolute Gasteiger partial charge is 0.481 e. The van der Waals surface area contributed by atoms with E-state index in [1.165, 1.54) is 5.57 Å². The molecule has 6 heteroatoms. The number of ether oxygens (including phenoxy) is 1. The minimum Gasteiger partial charge on any atom is -0.481 e. The number of carboxylic acid groups (broad SMARTS) is 1. The number of carbonyl (C=O) groups is 2. The van der Waals surface area contributed by atoms with E-state index in [1.807, 2.05) is 13.8 Å². The molecule has 0 spiro atoms. The number of aliphatic hydroxyl groups excluding tert-OH is 2. The lowest BCUT2D eigenvalue weighted by molar-refractivity contribution is -0.158. The zero-order chi connectivity index (χ0) is 22.4. The summed E-state index contributed by atoms with van der Waals surface area (Å²) in [5, 5.41) is 28.9. The van der Waals surface area contributed by atoms with Gasteiger partial charge in [-0.1, -0.05) is 45.9 Å². The van der Waals surface area contributed by atoms with Gasteiger partial charge < -0.3 is 20.1 Å². The summed E-state index contributed by atoms with van der Waals surface area (Å²) in [4.78, 5) is 23.2. The van der Waals surface area contributed by atoms with Crippen molar-refractivity contribution in [3.8, 4) is 0 Å². The number of hydrogen-bond donors (Lipinski definition) is 3. The SMILES string of the molecule is CC[C@@H](C)C(=O)O[C@@H]1C[C@@H](C)C=C2C=C[C@@H](C)[C@@H](CC[C@@H](O)C[C@@H](O)CC(=O)O)[C@H]21. The van der Waals surface area contributed by atoms with Crippen molar-refractivity contribution < 1.29 is 29.6 Å². The molecule has 2 aliphatic carbocycles. The fourth-order valence-corrected chi connectivity index (χ4v) is 4.76. The van der Waals surface area contributed by atoms with E-state index < -0.39 is 18.2 Å². The monoisotopic (exact) mass is 422 g/mol. The fraction of sp³-hybridized carbons (Fsp3) is 0.750. The first-order valence-electron chi connectivity index (χ1n) is 11.3. The highest BCUT2D eigenvalue weighted by molar-refractivity contribution is 5.72. The van der Waals surface area contributed by atoms with Gasteiger partial charge in [0, 0.05) is 5.92 Å². The molecule has 0 aromatic carbocycles. The molecule has 0 amide bonds. The lowest BCUT2D eigenvalue weighted by atomic mass is 9.65. The van der Waals surface area contributed by atoms with Gasteiger partial charge in [0.05, 0.1) is 24.5 Å². The van der Waals surface area contributed by atoms with Gasteiger partial charge in [-0.25, -0.2) is 0 Å². The third kappa shape index (κ3) is 6.67. The Balaban J connectivity index is 2.09. The van der Waals surface area contributed by atoms with Gasteiger partial charge in [-0.3, -0.25) is 9.59 Å². The van der Waals surface area contributed by atoms with Crippen molar-refractivity contribution >= 4 is 11.9 Å². The topological polar surface area (TPSA) is 104 Å². The minimum absolute atomic E-state index is 0.0556. The van der Waals surface area contributed by atoms with Crippen molar-refractivity contribution in [2.75, 3.05) is 0 Å². The molecule has 6 nitrogen and oxygen atoms in total. The molecule has 0 unspecified atom stereocenters. The molecule has 0 aromatic rings. The highest BCUT2D eigenvalue weighted by atomic mass is 16.5. The van der Waals surface area contributed by atoms with E-state index in [9.17, 15) is 19.8 Å². The van der Waals surface area contributed by atoms with Gasteiger partial charge >= 0.3 is 11.9 Å². The van der Waals surface area contributed by atoms with Gasteiger partial charge in [0.15, 0.2) is 0 Å². The van der Waals surface area contributed by atoms with Crippen molar-refractivity contribution in [3.05, 3.63) is 23.8 Å². The summed E-state index contributed by atoms with van der Waals surface area (Å²) in [6.07, 6.45) is 7.07. The lowest BCUT2D eigenvalue weighted by Crippen LogP contribution is -2.41. The van der Waals surface area contributed by atoms with Crippen molar-refractivity contribution in [2.24, 2.45) is 29.6 Å². The maximum atomic E-state index is 12.5. The Morgan fingerprint density at radius 2 is 1.93 bits per heavy atom. The highest BCUT2D eigenvalue weighted by Gasteiger charge is 2.41. The van der Waals surface area contributed by atoms with Crippen molar-refractivity contribution in [2.45, 2.75) is 84.5 Å². The van der Waals surface area contributed by atoms with Gasteiger partial charge in [0.1, 0.15) is 6.10 Å². The Kier molecular flexibility index (Phi) is 9.10. The molecule has 3 N–H and O–H groups in total. The third-order valence-corrected chi connectivity index (χ3v) is 6.67. The Morgan fingerprint density at radius 1 is 1.23 bits per heavy atom. The molecular weight excluding hydrogens is 384 g/mol. The smallest absolute Gasteiger partial charge is 0.308 e. The Morgan fingerprint density at radius 3 is 2.57 bits per heavy atom. The lowest BCUT2D eigenvalue weighted by Gasteiger charge is -2.43. The van der Waals surface area contributed by atoms with E-state index in [4.69, 9.17) is 9.84 Å². The van der Waals surface area contributed by atoms with Crippen LogP contribution in [0.15, 0.2) is 23.8 Å². The standard InChI is InChI=1S/C24H38O6/c1-5-15(3)24(29)30-21-11-14(2)10-17-7-6-16(4)20(23(17)21)9-8-18(25)12-19(26)13-22(27)28/h6-7,10,14-16,18-21,23,25-26H,5,8-9,11-13H2,1-4H3,(H,27,28)/t14-,15+,16+,18+,19+,20+,21+,23-/m0/s1. The molecule has 2 aliphatic rings. The van der Waals surface area contributed by atoms with Crippen LogP contribution in [0.1, 0.15) is 66.2 Å². The first kappa shape index (κ1) is 24.6. The minimum atomic E-state index is -1.07. The maximum Gasteiger partial charge on any atom is 0.308 e. The van der Waals surface area contributed by atoms with E-state index in [0.29, 0.717) is 12.3 Å². The molecule has 0 fully saturated rings. The Bertz CT molecular complexity index is 654. The molecule has 8 atom stereocenters. The van der Waals surface area contributed by atoms with E-state index in [2.05, 4.69) is 32.1 Å². The molecule has 0 aliphatic heterocycles. The van der Waals surface area contributed by atoms with Crippen molar-refractivity contribution in [1.82, 2.24) is 0 Å². The molecule has 0 aromatic heterocycles. The number of esters is 1. The molecule has 2 rings (SSSR count). The van der Waals surface area contributed by atoms with Crippen LogP contribution in [0.25, 0.3) is 0 Å². The molecule has 0 saturated carbocycles. The molecule has 170 valence electrons. The number of rotatable bonds is 10. The van der Waals surface area contributed by atoms with Gasteiger partial charge in [-0.05, 0) is 55.4 Å². The Labute approximate surface area is 180 Å². The predicted octanol–water partition coefficient (Wildman–Crippen LogP) is 3.72. The summed E-state index contributed by atoms with van der Waals surface area (Å²) in [7, 11) is 0. The zero-order valence-corrected chi connectivity index (χ0v) is 18.7. The van der Waals surface area contributed by atoms with Gasteiger partial charge in [-0.15, -0.1) is 0 Å². The van der Waals surface area contributed by atoms with Crippen molar-refractivity contribution in [1.29, 1.82) is 0 Å². The number of carboxylic acids is 1. The van der Waals surface area contributed by atoms with Crippen LogP contribution in [0.2, 0.25) is 0 Å². The van der Waals surface area contributed by atoms with Crippen LogP contribution in [0, 0.1) is 29.6 Å². The summed E-state index contributed by atoms with van der Waals surface area (Å²) in [6, 6.07) is 0. The van der Waals surface area contributed by atoms with Crippen LogP contribution in [0.5, 0.6) is 0 Å². The van der Waals surface area contributed by atoms with Crippen LogP contribution < -0.4 is 0 Å². The second kappa shape index (κ2) is 11.1. The van der Waals surface area contributed by atoms with E-state index >= 15 is 0 Å². The molecule has 0 heterocycles. The first-order valence-corrected chi connectivity index (χ1v) is 11.3. The first-order chi connectivity index (χ1) is 14.1. The second-order valence-electron chi connectivity index (χ2n) is 9.29. The van der Waals surface area contributed by atoms with E-state index in [-0.39, 0.29) is 48.6 Å². The van der Waals surface area contributed by atoms with E-state index in [0.717, 1.165) is 19.3 Å². The van der Waals surface area contributed by atoms with Gasteiger partial charge in [-0.2, -0.15) is 0 Å². The maximum absolute atomic E-state index is 12.5. The van der Waals surface area contributed by atoms with Crippen molar-refractivity contribution in [3.63, 3.8) is 0 Å². The number of aliphatic carboxylic acids is 1. The van der Waals surface area contributed by atoms with Crippen LogP contribution in [-0.4, -0.2) is 45.6 Å². The molecule has 30 heavy (non-hydrogen) atoms. The number of allylic oxidation sites excluding steroid dienone is 3. The van der Waals surface area contributed by atoms with Crippen LogP contribution >= 0.6 is 0 Å². The fourth-order valence-electron chi connectivity index (χ4n) is 4.76. The Hall–Kier alpha value is -1.66.